The molecular weight excluding hydrogens is 416 g/mol. The molecule has 30 heavy (non-hydrogen) atoms. The van der Waals surface area contributed by atoms with Gasteiger partial charge in [0.05, 0.1) is 0 Å². The van der Waals surface area contributed by atoms with Gasteiger partial charge in [0.15, 0.2) is 11.2 Å². The number of amides is 1. The molecule has 0 aliphatic heterocycles. The highest BCUT2D eigenvalue weighted by Crippen LogP contribution is 2.44. The Balaban J connectivity index is 1.76. The first-order valence-electron chi connectivity index (χ1n) is 9.69. The van der Waals surface area contributed by atoms with E-state index in [4.69, 9.17) is 0 Å². The van der Waals surface area contributed by atoms with Gasteiger partial charge in [-0.3, -0.25) is 4.79 Å². The predicted molar refractivity (Wildman–Crippen MR) is 94.5 cm³/mol. The number of halogens is 6. The maximum atomic E-state index is 13.0. The van der Waals surface area contributed by atoms with Gasteiger partial charge in [-0.1, -0.05) is 12.1 Å². The fourth-order valence-corrected chi connectivity index (χ4v) is 3.87. The van der Waals surface area contributed by atoms with Crippen LogP contribution in [-0.4, -0.2) is 51.1 Å². The van der Waals surface area contributed by atoms with E-state index in [1.165, 1.54) is 17.0 Å². The standard InChI is InChI=1S/C20H23F6NO3/c1-17(29,19(21,22)23)13-4-2-12(3-5-13)16(28)27(14-6-7-14)15-8-10-18(30,11-9-15)20(24,25)26/h2-5,14-15,29-30H,6-11H2,1H3/t15?,17-,18?/m0/s1. The van der Waals surface area contributed by atoms with Gasteiger partial charge in [-0.15, -0.1) is 0 Å². The zero-order chi connectivity index (χ0) is 22.5. The highest BCUT2D eigenvalue weighted by atomic mass is 19.4. The first kappa shape index (κ1) is 22.9. The summed E-state index contributed by atoms with van der Waals surface area (Å²) in [7, 11) is 0. The lowest BCUT2D eigenvalue weighted by atomic mass is 9.81. The molecule has 2 aliphatic carbocycles. The van der Waals surface area contributed by atoms with Crippen LogP contribution in [0.25, 0.3) is 0 Å². The van der Waals surface area contributed by atoms with Crippen LogP contribution in [0.15, 0.2) is 24.3 Å². The van der Waals surface area contributed by atoms with Crippen molar-refractivity contribution in [1.82, 2.24) is 4.90 Å². The SMILES string of the molecule is C[C@](O)(c1ccc(C(=O)N(C2CC2)C2CCC(O)(C(F)(F)F)CC2)cc1)C(F)(F)F. The number of nitrogens with zero attached hydrogens (tertiary/aromatic N) is 1. The van der Waals surface area contributed by atoms with E-state index in [1.807, 2.05) is 0 Å². The third kappa shape index (κ3) is 4.16. The molecule has 10 heteroatoms. The van der Waals surface area contributed by atoms with Crippen LogP contribution in [0.5, 0.6) is 0 Å². The quantitative estimate of drug-likeness (QED) is 0.688. The maximum Gasteiger partial charge on any atom is 0.421 e. The summed E-state index contributed by atoms with van der Waals surface area (Å²) in [4.78, 5) is 14.5. The number of carbonyl (C=O) groups excluding carboxylic acids is 1. The molecule has 2 fully saturated rings. The lowest BCUT2D eigenvalue weighted by molar-refractivity contribution is -0.271. The minimum absolute atomic E-state index is 0.0148. The number of alkyl halides is 6. The van der Waals surface area contributed by atoms with Gasteiger partial charge in [0.2, 0.25) is 0 Å². The first-order valence-corrected chi connectivity index (χ1v) is 9.69. The number of hydrogen-bond acceptors (Lipinski definition) is 3. The molecule has 1 aromatic carbocycles. The molecule has 0 heterocycles. The highest BCUT2D eigenvalue weighted by molar-refractivity contribution is 5.95. The Labute approximate surface area is 169 Å². The Kier molecular flexibility index (Phi) is 5.64. The molecule has 2 saturated carbocycles. The van der Waals surface area contributed by atoms with E-state index >= 15 is 0 Å². The average molecular weight is 439 g/mol. The lowest BCUT2D eigenvalue weighted by Crippen LogP contribution is -2.52. The Morgan fingerprint density at radius 3 is 1.83 bits per heavy atom. The normalized spacial score (nSPS) is 27.4. The molecule has 1 aromatic rings. The van der Waals surface area contributed by atoms with Gasteiger partial charge in [-0.25, -0.2) is 0 Å². The van der Waals surface area contributed by atoms with Crippen molar-refractivity contribution in [2.45, 2.75) is 81.1 Å². The van der Waals surface area contributed by atoms with Crippen LogP contribution in [0.4, 0.5) is 26.3 Å². The van der Waals surface area contributed by atoms with Crippen LogP contribution in [-0.2, 0) is 5.60 Å². The molecular formula is C20H23F6NO3. The predicted octanol–water partition coefficient (Wildman–Crippen LogP) is 4.30. The fraction of sp³-hybridized carbons (Fsp3) is 0.650. The topological polar surface area (TPSA) is 60.8 Å². The van der Waals surface area contributed by atoms with Crippen LogP contribution >= 0.6 is 0 Å². The average Bonchev–Trinajstić information content (AvgIpc) is 3.47. The Bertz CT molecular complexity index is 775. The van der Waals surface area contributed by atoms with E-state index in [0.717, 1.165) is 12.1 Å². The fourth-order valence-electron chi connectivity index (χ4n) is 3.87. The van der Waals surface area contributed by atoms with Crippen molar-refractivity contribution in [1.29, 1.82) is 0 Å². The summed E-state index contributed by atoms with van der Waals surface area (Å²) in [6.07, 6.45) is -9.28. The zero-order valence-electron chi connectivity index (χ0n) is 16.2. The Hall–Kier alpha value is -1.81. The van der Waals surface area contributed by atoms with Crippen molar-refractivity contribution < 1.29 is 41.4 Å². The zero-order valence-corrected chi connectivity index (χ0v) is 16.2. The van der Waals surface area contributed by atoms with Crippen LogP contribution < -0.4 is 0 Å². The molecule has 2 N–H and O–H groups in total. The van der Waals surface area contributed by atoms with E-state index in [0.29, 0.717) is 19.8 Å². The Morgan fingerprint density at radius 2 is 1.43 bits per heavy atom. The van der Waals surface area contributed by atoms with Gasteiger partial charge in [0.1, 0.15) is 0 Å². The third-order valence-corrected chi connectivity index (χ3v) is 6.12. The van der Waals surface area contributed by atoms with Crippen molar-refractivity contribution in [3.63, 3.8) is 0 Å². The summed E-state index contributed by atoms with van der Waals surface area (Å²) >= 11 is 0. The van der Waals surface area contributed by atoms with Crippen LogP contribution in [0.3, 0.4) is 0 Å². The second kappa shape index (κ2) is 7.40. The lowest BCUT2D eigenvalue weighted by Gasteiger charge is -2.41. The Morgan fingerprint density at radius 1 is 0.967 bits per heavy atom. The van der Waals surface area contributed by atoms with E-state index in [-0.39, 0.29) is 24.4 Å². The summed E-state index contributed by atoms with van der Waals surface area (Å²) in [5.41, 5.74) is -6.15. The molecule has 0 aromatic heterocycles. The van der Waals surface area contributed by atoms with Gasteiger partial charge in [0.25, 0.3) is 5.91 Å². The molecule has 1 atom stereocenters. The van der Waals surface area contributed by atoms with E-state index in [2.05, 4.69) is 0 Å². The first-order chi connectivity index (χ1) is 13.7. The van der Waals surface area contributed by atoms with Crippen molar-refractivity contribution in [3.05, 3.63) is 35.4 Å². The largest absolute Gasteiger partial charge is 0.421 e. The summed E-state index contributed by atoms with van der Waals surface area (Å²) in [6, 6.07) is 3.80. The highest BCUT2D eigenvalue weighted by Gasteiger charge is 2.56. The van der Waals surface area contributed by atoms with Crippen molar-refractivity contribution in [2.75, 3.05) is 0 Å². The number of rotatable bonds is 4. The van der Waals surface area contributed by atoms with Gasteiger partial charge >= 0.3 is 12.4 Å². The van der Waals surface area contributed by atoms with E-state index in [1.54, 1.807) is 0 Å². The second-order valence-electron chi connectivity index (χ2n) is 8.35. The number of aliphatic hydroxyl groups is 2. The van der Waals surface area contributed by atoms with Crippen LogP contribution in [0, 0.1) is 0 Å². The number of carbonyl (C=O) groups is 1. The molecule has 3 rings (SSSR count). The van der Waals surface area contributed by atoms with Crippen molar-refractivity contribution in [2.24, 2.45) is 0 Å². The summed E-state index contributed by atoms with van der Waals surface area (Å²) < 4.78 is 78.1. The molecule has 0 radical (unpaired) electrons. The van der Waals surface area contributed by atoms with Gasteiger partial charge < -0.3 is 15.1 Å². The van der Waals surface area contributed by atoms with E-state index in [9.17, 15) is 41.4 Å². The van der Waals surface area contributed by atoms with Crippen LogP contribution in [0.1, 0.15) is 61.4 Å². The summed E-state index contributed by atoms with van der Waals surface area (Å²) in [5.74, 6) is -0.474. The van der Waals surface area contributed by atoms with Crippen LogP contribution in [0.2, 0.25) is 0 Å². The smallest absolute Gasteiger partial charge is 0.380 e. The molecule has 0 saturated heterocycles. The van der Waals surface area contributed by atoms with E-state index < -0.39 is 53.9 Å². The number of hydrogen-bond donors (Lipinski definition) is 2. The minimum atomic E-state index is -4.89. The second-order valence-corrected chi connectivity index (χ2v) is 8.35. The molecule has 0 spiro atoms. The third-order valence-electron chi connectivity index (χ3n) is 6.12. The molecule has 168 valence electrons. The summed E-state index contributed by atoms with van der Waals surface area (Å²) in [5, 5.41) is 19.6. The molecule has 0 bridgehead atoms. The maximum absolute atomic E-state index is 13.0. The molecule has 0 unspecified atom stereocenters. The summed E-state index contributed by atoms with van der Waals surface area (Å²) in [6.45, 7) is 0.615. The minimum Gasteiger partial charge on any atom is -0.380 e. The monoisotopic (exact) mass is 439 g/mol. The van der Waals surface area contributed by atoms with Crippen molar-refractivity contribution >= 4 is 5.91 Å². The van der Waals surface area contributed by atoms with Gasteiger partial charge in [-0.2, -0.15) is 26.3 Å². The van der Waals surface area contributed by atoms with Gasteiger partial charge in [-0.05, 0) is 63.1 Å². The number of benzene rings is 1. The van der Waals surface area contributed by atoms with Gasteiger partial charge in [0, 0.05) is 17.6 Å². The van der Waals surface area contributed by atoms with Crippen molar-refractivity contribution in [3.8, 4) is 0 Å². The molecule has 1 amide bonds. The molecule has 2 aliphatic rings. The molecule has 4 nitrogen and oxygen atoms in total.